The minimum absolute atomic E-state index is 0.0510. The molecule has 3 aromatic carbocycles. The molecule has 166 valence electrons. The molecule has 1 aliphatic heterocycles. The summed E-state index contributed by atoms with van der Waals surface area (Å²) < 4.78 is 25.8. The van der Waals surface area contributed by atoms with E-state index in [-0.39, 0.29) is 22.7 Å². The van der Waals surface area contributed by atoms with Gasteiger partial charge in [-0.2, -0.15) is 0 Å². The van der Waals surface area contributed by atoms with E-state index < -0.39 is 9.84 Å². The first-order chi connectivity index (χ1) is 15.3. The Bertz CT molecular complexity index is 1210. The summed E-state index contributed by atoms with van der Waals surface area (Å²) >= 11 is 0. The van der Waals surface area contributed by atoms with Gasteiger partial charge in [-0.05, 0) is 53.4 Å². The first-order valence-corrected chi connectivity index (χ1v) is 12.2. The lowest BCUT2D eigenvalue weighted by Crippen LogP contribution is -2.38. The van der Waals surface area contributed by atoms with Crippen LogP contribution in [0, 0.1) is 0 Å². The number of benzene rings is 3. The molecule has 1 heterocycles. The number of anilines is 1. The normalized spacial score (nSPS) is 13.9. The van der Waals surface area contributed by atoms with Gasteiger partial charge in [0, 0.05) is 25.8 Å². The first-order valence-electron chi connectivity index (χ1n) is 10.6. The lowest BCUT2D eigenvalue weighted by molar-refractivity contribution is 0.244. The van der Waals surface area contributed by atoms with Crippen molar-refractivity contribution < 1.29 is 13.2 Å². The molecule has 0 spiro atoms. The quantitative estimate of drug-likeness (QED) is 0.592. The fourth-order valence-electron chi connectivity index (χ4n) is 3.84. The Balaban J connectivity index is 1.43. The fraction of sp³-hybridized carbons (Fsp3) is 0.240. The molecule has 0 radical (unpaired) electrons. The second-order valence-corrected chi connectivity index (χ2v) is 10.1. The molecule has 2 amide bonds. The Labute approximate surface area is 189 Å². The number of carbonyl (C=O) groups excluding carboxylic acids is 1. The van der Waals surface area contributed by atoms with Gasteiger partial charge in [0.05, 0.1) is 16.7 Å². The van der Waals surface area contributed by atoms with Crippen LogP contribution in [-0.2, 0) is 28.7 Å². The van der Waals surface area contributed by atoms with Crippen molar-refractivity contribution in [3.63, 3.8) is 0 Å². The van der Waals surface area contributed by atoms with Gasteiger partial charge in [0.1, 0.15) is 0 Å². The highest BCUT2D eigenvalue weighted by Crippen LogP contribution is 2.23. The summed E-state index contributed by atoms with van der Waals surface area (Å²) in [4.78, 5) is 14.4. The molecular weight excluding hydrogens is 422 g/mol. The molecule has 0 saturated heterocycles. The summed E-state index contributed by atoms with van der Waals surface area (Å²) in [6.07, 6.45) is 0. The zero-order chi connectivity index (χ0) is 22.7. The number of rotatable bonds is 6. The molecule has 0 saturated carbocycles. The van der Waals surface area contributed by atoms with Crippen molar-refractivity contribution >= 4 is 21.6 Å². The first kappa shape index (κ1) is 22.0. The number of nitrogens with zero attached hydrogens (tertiary/aromatic N) is 1. The van der Waals surface area contributed by atoms with E-state index in [1.165, 1.54) is 10.5 Å². The van der Waals surface area contributed by atoms with Crippen LogP contribution in [-0.4, -0.2) is 21.5 Å². The summed E-state index contributed by atoms with van der Waals surface area (Å²) in [5, 5.41) is 6.23. The van der Waals surface area contributed by atoms with Crippen molar-refractivity contribution in [3.8, 4) is 0 Å². The van der Waals surface area contributed by atoms with Crippen LogP contribution in [0.1, 0.15) is 35.2 Å². The number of hydrogen-bond acceptors (Lipinski definition) is 4. The van der Waals surface area contributed by atoms with Crippen molar-refractivity contribution in [1.29, 1.82) is 0 Å². The van der Waals surface area contributed by atoms with Crippen LogP contribution >= 0.6 is 0 Å². The zero-order valence-electron chi connectivity index (χ0n) is 18.2. The van der Waals surface area contributed by atoms with Crippen LogP contribution < -0.4 is 15.5 Å². The van der Waals surface area contributed by atoms with E-state index in [2.05, 4.69) is 10.6 Å². The van der Waals surface area contributed by atoms with E-state index in [9.17, 15) is 13.2 Å². The second-order valence-electron chi connectivity index (χ2n) is 8.10. The zero-order valence-corrected chi connectivity index (χ0v) is 19.0. The van der Waals surface area contributed by atoms with Crippen molar-refractivity contribution in [2.75, 3.05) is 11.9 Å². The molecule has 0 aromatic heterocycles. The smallest absolute Gasteiger partial charge is 0.322 e. The van der Waals surface area contributed by atoms with E-state index >= 15 is 0 Å². The average Bonchev–Trinajstić information content (AvgIpc) is 3.27. The Morgan fingerprint density at radius 2 is 1.69 bits per heavy atom. The van der Waals surface area contributed by atoms with Gasteiger partial charge in [0.25, 0.3) is 0 Å². The van der Waals surface area contributed by atoms with E-state index in [4.69, 9.17) is 0 Å². The SMILES string of the molecule is CC(NC(=O)N(C)c1ccc(S(=O)(=O)Cc2ccc3c(c2)CNC3)cc1)c1ccccc1. The number of urea groups is 1. The second kappa shape index (κ2) is 9.14. The molecule has 32 heavy (non-hydrogen) atoms. The molecule has 1 unspecified atom stereocenters. The van der Waals surface area contributed by atoms with Gasteiger partial charge in [-0.1, -0.05) is 48.5 Å². The molecule has 0 aliphatic carbocycles. The minimum Gasteiger partial charge on any atom is -0.331 e. The molecule has 1 aliphatic rings. The molecule has 4 rings (SSSR count). The number of amides is 2. The van der Waals surface area contributed by atoms with Crippen molar-refractivity contribution in [2.24, 2.45) is 0 Å². The van der Waals surface area contributed by atoms with Crippen LogP contribution in [0.4, 0.5) is 10.5 Å². The van der Waals surface area contributed by atoms with Gasteiger partial charge in [0.2, 0.25) is 0 Å². The summed E-state index contributed by atoms with van der Waals surface area (Å²) in [6.45, 7) is 3.52. The standard InChI is InChI=1S/C25H27N3O3S/c1-18(20-6-4-3-5-7-20)27-25(29)28(2)23-10-12-24(13-11-23)32(30,31)17-19-8-9-21-15-26-16-22(21)14-19/h3-14,18,26H,15-17H2,1-2H3,(H,27,29). The highest BCUT2D eigenvalue weighted by Gasteiger charge is 2.19. The third-order valence-electron chi connectivity index (χ3n) is 5.79. The highest BCUT2D eigenvalue weighted by molar-refractivity contribution is 7.90. The van der Waals surface area contributed by atoms with Crippen LogP contribution in [0.5, 0.6) is 0 Å². The van der Waals surface area contributed by atoms with Gasteiger partial charge >= 0.3 is 6.03 Å². The molecule has 0 bridgehead atoms. The van der Waals surface area contributed by atoms with E-state index in [1.807, 2.05) is 55.5 Å². The largest absolute Gasteiger partial charge is 0.331 e. The molecule has 0 fully saturated rings. The number of carbonyl (C=O) groups is 1. The molecule has 1 atom stereocenters. The van der Waals surface area contributed by atoms with E-state index in [1.54, 1.807) is 31.3 Å². The number of fused-ring (bicyclic) bond motifs is 1. The third-order valence-corrected chi connectivity index (χ3v) is 7.49. The van der Waals surface area contributed by atoms with Crippen molar-refractivity contribution in [2.45, 2.75) is 36.7 Å². The Morgan fingerprint density at radius 3 is 2.41 bits per heavy atom. The molecule has 7 heteroatoms. The monoisotopic (exact) mass is 449 g/mol. The van der Waals surface area contributed by atoms with Crippen molar-refractivity contribution in [3.05, 3.63) is 95.1 Å². The maximum atomic E-state index is 12.9. The number of hydrogen-bond donors (Lipinski definition) is 2. The van der Waals surface area contributed by atoms with Crippen LogP contribution in [0.3, 0.4) is 0 Å². The molecule has 3 aromatic rings. The fourth-order valence-corrected chi connectivity index (χ4v) is 5.18. The number of sulfone groups is 1. The predicted octanol–water partition coefficient (Wildman–Crippen LogP) is 4.17. The van der Waals surface area contributed by atoms with E-state index in [0.29, 0.717) is 5.69 Å². The highest BCUT2D eigenvalue weighted by atomic mass is 32.2. The van der Waals surface area contributed by atoms with Gasteiger partial charge in [-0.25, -0.2) is 13.2 Å². The van der Waals surface area contributed by atoms with E-state index in [0.717, 1.165) is 29.8 Å². The average molecular weight is 450 g/mol. The lowest BCUT2D eigenvalue weighted by Gasteiger charge is -2.22. The van der Waals surface area contributed by atoms with Crippen LogP contribution in [0.25, 0.3) is 0 Å². The lowest BCUT2D eigenvalue weighted by atomic mass is 10.1. The topological polar surface area (TPSA) is 78.5 Å². The Morgan fingerprint density at radius 1 is 1.00 bits per heavy atom. The van der Waals surface area contributed by atoms with Crippen LogP contribution in [0.15, 0.2) is 77.7 Å². The van der Waals surface area contributed by atoms with Gasteiger partial charge in [-0.3, -0.25) is 4.90 Å². The maximum absolute atomic E-state index is 12.9. The Kier molecular flexibility index (Phi) is 6.30. The number of nitrogens with one attached hydrogen (secondary N) is 2. The molecular formula is C25H27N3O3S. The summed E-state index contributed by atoms with van der Waals surface area (Å²) in [5.41, 5.74) is 4.79. The van der Waals surface area contributed by atoms with Crippen molar-refractivity contribution in [1.82, 2.24) is 10.6 Å². The molecule has 2 N–H and O–H groups in total. The van der Waals surface area contributed by atoms with Crippen LogP contribution in [0.2, 0.25) is 0 Å². The summed E-state index contributed by atoms with van der Waals surface area (Å²) in [5.74, 6) is -0.0510. The summed E-state index contributed by atoms with van der Waals surface area (Å²) in [7, 11) is -1.83. The maximum Gasteiger partial charge on any atom is 0.322 e. The van der Waals surface area contributed by atoms with Gasteiger partial charge < -0.3 is 10.6 Å². The summed E-state index contributed by atoms with van der Waals surface area (Å²) in [6, 6.07) is 21.6. The minimum atomic E-state index is -3.49. The van der Waals surface area contributed by atoms with Gasteiger partial charge in [-0.15, -0.1) is 0 Å². The molecule has 6 nitrogen and oxygen atoms in total. The third kappa shape index (κ3) is 4.84. The van der Waals surface area contributed by atoms with Gasteiger partial charge in [0.15, 0.2) is 9.84 Å². The predicted molar refractivity (Wildman–Crippen MR) is 126 cm³/mol. The Hall–Kier alpha value is -3.16.